The minimum absolute atomic E-state index is 0. The van der Waals surface area contributed by atoms with Crippen LogP contribution in [0.25, 0.3) is 0 Å². The van der Waals surface area contributed by atoms with E-state index in [2.05, 4.69) is 5.04 Å². The summed E-state index contributed by atoms with van der Waals surface area (Å²) in [5.41, 5.74) is 0. The zero-order valence-corrected chi connectivity index (χ0v) is 5.52. The summed E-state index contributed by atoms with van der Waals surface area (Å²) in [5, 5.41) is 15.5. The van der Waals surface area contributed by atoms with Crippen LogP contribution in [0.2, 0.25) is 0 Å². The van der Waals surface area contributed by atoms with Gasteiger partial charge in [-0.1, -0.05) is 5.04 Å². The molecule has 0 unspecified atom stereocenters. The Morgan fingerprint density at radius 3 is 1.22 bits per heavy atom. The van der Waals surface area contributed by atoms with Crippen LogP contribution in [0.1, 0.15) is 0 Å². The molecule has 0 heterocycles. The number of hydrogen-bond acceptors (Lipinski definition) is 7. The summed E-state index contributed by atoms with van der Waals surface area (Å²) in [6.07, 6.45) is 0. The molecule has 9 heavy (non-hydrogen) atoms. The van der Waals surface area contributed by atoms with E-state index in [-0.39, 0.29) is 17.1 Å². The van der Waals surface area contributed by atoms with Crippen LogP contribution in [-0.2, 0) is 26.7 Å². The molecule has 63 valence electrons. The van der Waals surface area contributed by atoms with Crippen LogP contribution in [-0.4, -0.2) is 10.5 Å². The first kappa shape index (κ1) is 16.3. The van der Waals surface area contributed by atoms with Gasteiger partial charge < -0.3 is 19.2 Å². The first-order valence-corrected chi connectivity index (χ1v) is 2.56. The van der Waals surface area contributed by atoms with E-state index in [1.54, 1.807) is 0 Å². The number of rotatable bonds is 0. The molecule has 0 aromatic carbocycles. The molecule has 1 radical (unpaired) electrons. The zero-order chi connectivity index (χ0) is 7.21. The maximum atomic E-state index is 8.55. The molecule has 0 spiro atoms. The molecule has 0 fully saturated rings. The second kappa shape index (κ2) is 8.51. The summed E-state index contributed by atoms with van der Waals surface area (Å²) in [6, 6.07) is 0. The number of phosphoric acid groups is 1. The van der Waals surface area contributed by atoms with Gasteiger partial charge in [0.25, 0.3) is 0 Å². The van der Waals surface area contributed by atoms with Crippen molar-refractivity contribution in [3.63, 3.8) is 0 Å². The average molecular weight is 209 g/mol. The molecule has 0 atom stereocenters. The molecule has 7 nitrogen and oxygen atoms in total. The maximum absolute atomic E-state index is 8.55. The Balaban J connectivity index is -0.0000000800. The standard InChI is InChI=1S/Cu.H3O4P.H2O3/c;1-5(2,3)4;1-3-2/h;(H3,1,2,3,4);1-2H/p-3. The van der Waals surface area contributed by atoms with Gasteiger partial charge >= 0.3 is 0 Å². The molecule has 0 aromatic heterocycles. The molecule has 0 bridgehead atoms. The maximum Gasteiger partial charge on any atom is 0 e. The minimum Gasteiger partial charge on any atom is -0.822 e. The van der Waals surface area contributed by atoms with Crippen molar-refractivity contribution in [2.75, 3.05) is 0 Å². The summed E-state index contributed by atoms with van der Waals surface area (Å²) >= 11 is 0. The third-order valence-corrected chi connectivity index (χ3v) is 0. The average Bonchev–Trinajstić information content (AvgIpc) is 1.27. The van der Waals surface area contributed by atoms with Gasteiger partial charge in [-0.25, -0.2) is 10.5 Å². The van der Waals surface area contributed by atoms with Crippen molar-refractivity contribution in [3.8, 4) is 0 Å². The van der Waals surface area contributed by atoms with Crippen LogP contribution in [0.15, 0.2) is 0 Å². The normalized spacial score (nSPS) is 8.56. The van der Waals surface area contributed by atoms with E-state index in [9.17, 15) is 0 Å². The topological polar surface area (TPSA) is 136 Å². The summed E-state index contributed by atoms with van der Waals surface area (Å²) < 4.78 is 8.55. The SMILES string of the molecule is O=P([O-])([O-])[O-].OOO.[Cu]. The molecule has 9 heteroatoms. The molecule has 0 aliphatic heterocycles. The number of hydrogen-bond donors (Lipinski definition) is 2. The Bertz CT molecular complexity index is 64.7. The van der Waals surface area contributed by atoms with E-state index in [4.69, 9.17) is 29.8 Å². The third kappa shape index (κ3) is 1390. The molecular formula is H2CuO7P-3. The molecule has 0 rings (SSSR count). The van der Waals surface area contributed by atoms with Crippen molar-refractivity contribution >= 4 is 7.82 Å². The van der Waals surface area contributed by atoms with Crippen LogP contribution in [0.3, 0.4) is 0 Å². The Labute approximate surface area is 60.5 Å². The van der Waals surface area contributed by atoms with Crippen LogP contribution in [0.5, 0.6) is 0 Å². The smallest absolute Gasteiger partial charge is 0 e. The van der Waals surface area contributed by atoms with Gasteiger partial charge in [-0.15, -0.1) is 0 Å². The monoisotopic (exact) mass is 208 g/mol. The van der Waals surface area contributed by atoms with Crippen molar-refractivity contribution < 1.29 is 51.9 Å². The van der Waals surface area contributed by atoms with Gasteiger partial charge in [-0.3, -0.25) is 0 Å². The van der Waals surface area contributed by atoms with Crippen LogP contribution >= 0.6 is 7.82 Å². The van der Waals surface area contributed by atoms with E-state index >= 15 is 0 Å². The van der Waals surface area contributed by atoms with Crippen LogP contribution < -0.4 is 14.7 Å². The van der Waals surface area contributed by atoms with Crippen LogP contribution in [0, 0.1) is 0 Å². The van der Waals surface area contributed by atoms with Gasteiger partial charge in [0, 0.05) is 17.1 Å². The summed E-state index contributed by atoms with van der Waals surface area (Å²) in [5.74, 6) is 0. The largest absolute Gasteiger partial charge is 0.822 e. The van der Waals surface area contributed by atoms with E-state index < -0.39 is 7.82 Å². The van der Waals surface area contributed by atoms with Crippen molar-refractivity contribution in [3.05, 3.63) is 0 Å². The molecule has 0 aliphatic rings. The van der Waals surface area contributed by atoms with Crippen molar-refractivity contribution in [2.24, 2.45) is 0 Å². The molecule has 0 saturated carbocycles. The van der Waals surface area contributed by atoms with E-state index in [0.29, 0.717) is 0 Å². The molecular weight excluding hydrogens is 207 g/mol. The Morgan fingerprint density at radius 1 is 1.22 bits per heavy atom. The fourth-order valence-corrected chi connectivity index (χ4v) is 0. The molecule has 0 aromatic rings. The van der Waals surface area contributed by atoms with Gasteiger partial charge in [0.15, 0.2) is 0 Å². The zero-order valence-electron chi connectivity index (χ0n) is 3.68. The minimum atomic E-state index is -5.39. The van der Waals surface area contributed by atoms with E-state index in [1.807, 2.05) is 0 Å². The predicted octanol–water partition coefficient (Wildman–Crippen LogP) is -2.88. The quantitative estimate of drug-likeness (QED) is 0.189. The van der Waals surface area contributed by atoms with Gasteiger partial charge in [-0.2, -0.15) is 7.82 Å². The predicted molar refractivity (Wildman–Crippen MR) is 13.9 cm³/mol. The van der Waals surface area contributed by atoms with E-state index in [1.165, 1.54) is 0 Å². The fraction of sp³-hybridized carbons (Fsp3) is 0. The first-order chi connectivity index (χ1) is 3.41. The molecule has 0 saturated heterocycles. The Morgan fingerprint density at radius 2 is 1.22 bits per heavy atom. The summed E-state index contributed by atoms with van der Waals surface area (Å²) in [4.78, 5) is 25.6. The van der Waals surface area contributed by atoms with Crippen molar-refractivity contribution in [1.29, 1.82) is 0 Å². The first-order valence-electron chi connectivity index (χ1n) is 1.10. The summed E-state index contributed by atoms with van der Waals surface area (Å²) in [7, 11) is -5.39. The fourth-order valence-electron chi connectivity index (χ4n) is 0. The molecule has 0 aliphatic carbocycles. The van der Waals surface area contributed by atoms with Gasteiger partial charge in [0.2, 0.25) is 0 Å². The molecule has 0 amide bonds. The molecule has 2 N–H and O–H groups in total. The van der Waals surface area contributed by atoms with Crippen molar-refractivity contribution in [2.45, 2.75) is 0 Å². The van der Waals surface area contributed by atoms with Gasteiger partial charge in [0.05, 0.1) is 0 Å². The van der Waals surface area contributed by atoms with Crippen LogP contribution in [0.4, 0.5) is 0 Å². The Kier molecular flexibility index (Phi) is 15.4. The van der Waals surface area contributed by atoms with Gasteiger partial charge in [-0.05, 0) is 0 Å². The second-order valence-corrected chi connectivity index (χ2v) is 1.42. The third-order valence-electron chi connectivity index (χ3n) is 0. The van der Waals surface area contributed by atoms with E-state index in [0.717, 1.165) is 0 Å². The Hall–Kier alpha value is 0.509. The van der Waals surface area contributed by atoms with Gasteiger partial charge in [0.1, 0.15) is 0 Å². The van der Waals surface area contributed by atoms with Crippen molar-refractivity contribution in [1.82, 2.24) is 0 Å². The summed E-state index contributed by atoms with van der Waals surface area (Å²) in [6.45, 7) is 0. The second-order valence-electron chi connectivity index (χ2n) is 0.529.